The number of aromatic nitrogens is 4. The number of methoxy groups -OCH3 is 1. The quantitative estimate of drug-likeness (QED) is 0.558. The second-order valence-corrected chi connectivity index (χ2v) is 5.89. The molecule has 4 rings (SSSR count). The Morgan fingerprint density at radius 1 is 1.15 bits per heavy atom. The lowest BCUT2D eigenvalue weighted by Gasteiger charge is -2.07. The Balaban J connectivity index is 1.79. The third-order valence-corrected chi connectivity index (χ3v) is 4.29. The van der Waals surface area contributed by atoms with Crippen molar-refractivity contribution in [3.63, 3.8) is 0 Å². The van der Waals surface area contributed by atoms with E-state index in [9.17, 15) is 9.59 Å². The van der Waals surface area contributed by atoms with E-state index in [2.05, 4.69) is 15.1 Å². The van der Waals surface area contributed by atoms with Gasteiger partial charge in [0.25, 0.3) is 5.89 Å². The van der Waals surface area contributed by atoms with Gasteiger partial charge in [-0.1, -0.05) is 11.2 Å². The third kappa shape index (κ3) is 2.91. The fourth-order valence-corrected chi connectivity index (χ4v) is 2.95. The number of aromatic amines is 1. The average molecular weight is 364 g/mol. The van der Waals surface area contributed by atoms with Crippen LogP contribution in [-0.4, -0.2) is 26.8 Å². The molecule has 0 amide bonds. The molecule has 4 aromatic rings. The van der Waals surface area contributed by atoms with Crippen molar-refractivity contribution in [1.29, 1.82) is 0 Å². The lowest BCUT2D eigenvalue weighted by Crippen LogP contribution is -2.35. The van der Waals surface area contributed by atoms with E-state index in [1.807, 2.05) is 25.1 Å². The van der Waals surface area contributed by atoms with Gasteiger partial charge < -0.3 is 18.8 Å². The Morgan fingerprint density at radius 3 is 2.78 bits per heavy atom. The van der Waals surface area contributed by atoms with Crippen LogP contribution in [0, 0.1) is 0 Å². The molecule has 0 atom stereocenters. The van der Waals surface area contributed by atoms with E-state index in [1.165, 1.54) is 4.57 Å². The maximum atomic E-state index is 12.0. The average Bonchev–Trinajstić information content (AvgIpc) is 3.19. The van der Waals surface area contributed by atoms with Crippen LogP contribution in [0.4, 0.5) is 0 Å². The summed E-state index contributed by atoms with van der Waals surface area (Å²) in [7, 11) is 1.59. The number of nitrogens with one attached hydrogen (secondary N) is 1. The number of fused-ring (bicyclic) bond motifs is 1. The van der Waals surface area contributed by atoms with Crippen LogP contribution in [0.5, 0.6) is 5.75 Å². The molecule has 0 aliphatic rings. The summed E-state index contributed by atoms with van der Waals surface area (Å²) in [4.78, 5) is 30.8. The van der Waals surface area contributed by atoms with Crippen LogP contribution < -0.4 is 15.9 Å². The number of hydrogen-bond acceptors (Lipinski definition) is 6. The maximum absolute atomic E-state index is 12.0. The molecule has 0 radical (unpaired) electrons. The van der Waals surface area contributed by atoms with E-state index >= 15 is 0 Å². The van der Waals surface area contributed by atoms with Gasteiger partial charge in [0.15, 0.2) is 0 Å². The molecule has 0 saturated heterocycles. The van der Waals surface area contributed by atoms with Crippen LogP contribution in [0.3, 0.4) is 0 Å². The van der Waals surface area contributed by atoms with Crippen LogP contribution in [0.1, 0.15) is 6.92 Å². The summed E-state index contributed by atoms with van der Waals surface area (Å²) in [5.74, 6) is 1.42. The van der Waals surface area contributed by atoms with Gasteiger partial charge in [0.1, 0.15) is 5.75 Å². The van der Waals surface area contributed by atoms with Gasteiger partial charge in [0, 0.05) is 17.7 Å². The predicted molar refractivity (Wildman–Crippen MR) is 99.8 cm³/mol. The molecule has 27 heavy (non-hydrogen) atoms. The second-order valence-electron chi connectivity index (χ2n) is 5.89. The van der Waals surface area contributed by atoms with Crippen molar-refractivity contribution in [3.8, 4) is 28.6 Å². The van der Waals surface area contributed by atoms with E-state index in [4.69, 9.17) is 9.26 Å². The molecular weight excluding hydrogens is 348 g/mol. The Labute approximate surface area is 153 Å². The summed E-state index contributed by atoms with van der Waals surface area (Å²) >= 11 is 0. The zero-order chi connectivity index (χ0) is 19.0. The van der Waals surface area contributed by atoms with E-state index in [0.717, 1.165) is 5.56 Å². The standard InChI is InChI=1S/C19H16N4O4/c1-3-23-15-8-7-11(10-14(15)20-17(24)19(23)25)16-21-18(27-22-16)12-5-4-6-13(9-12)26-2/h4-10H,3H2,1-2H3,(H,20,24). The van der Waals surface area contributed by atoms with E-state index in [1.54, 1.807) is 31.4 Å². The lowest BCUT2D eigenvalue weighted by molar-refractivity contribution is 0.413. The first-order valence-electron chi connectivity index (χ1n) is 8.36. The molecule has 2 aromatic heterocycles. The van der Waals surface area contributed by atoms with Crippen molar-refractivity contribution >= 4 is 11.0 Å². The largest absolute Gasteiger partial charge is 0.497 e. The minimum Gasteiger partial charge on any atom is -0.497 e. The summed E-state index contributed by atoms with van der Waals surface area (Å²) < 4.78 is 12.0. The summed E-state index contributed by atoms with van der Waals surface area (Å²) in [5.41, 5.74) is 1.35. The molecule has 136 valence electrons. The first kappa shape index (κ1) is 16.8. The monoisotopic (exact) mass is 364 g/mol. The van der Waals surface area contributed by atoms with Crippen molar-refractivity contribution in [2.24, 2.45) is 0 Å². The third-order valence-electron chi connectivity index (χ3n) is 4.29. The maximum Gasteiger partial charge on any atom is 0.316 e. The first-order valence-corrected chi connectivity index (χ1v) is 8.36. The normalized spacial score (nSPS) is 11.0. The number of nitrogens with zero attached hydrogens (tertiary/aromatic N) is 3. The number of benzene rings is 2. The first-order chi connectivity index (χ1) is 13.1. The van der Waals surface area contributed by atoms with Gasteiger partial charge in [-0.25, -0.2) is 0 Å². The smallest absolute Gasteiger partial charge is 0.316 e. The summed E-state index contributed by atoms with van der Waals surface area (Å²) in [6, 6.07) is 12.6. The van der Waals surface area contributed by atoms with Gasteiger partial charge in [-0.15, -0.1) is 0 Å². The summed E-state index contributed by atoms with van der Waals surface area (Å²) in [5, 5.41) is 4.02. The fourth-order valence-electron chi connectivity index (χ4n) is 2.95. The van der Waals surface area contributed by atoms with Crippen molar-refractivity contribution in [1.82, 2.24) is 19.7 Å². The summed E-state index contributed by atoms with van der Waals surface area (Å²) in [6.45, 7) is 2.22. The topological polar surface area (TPSA) is 103 Å². The van der Waals surface area contributed by atoms with Crippen molar-refractivity contribution in [2.75, 3.05) is 7.11 Å². The number of H-pyrrole nitrogens is 1. The molecule has 2 heterocycles. The minimum atomic E-state index is -0.660. The fraction of sp³-hybridized carbons (Fsp3) is 0.158. The number of rotatable bonds is 4. The van der Waals surface area contributed by atoms with Crippen LogP contribution >= 0.6 is 0 Å². The Morgan fingerprint density at radius 2 is 2.00 bits per heavy atom. The molecule has 0 fully saturated rings. The van der Waals surface area contributed by atoms with Gasteiger partial charge in [-0.3, -0.25) is 9.59 Å². The molecule has 0 unspecified atom stereocenters. The molecule has 0 spiro atoms. The molecule has 2 aromatic carbocycles. The molecule has 8 heteroatoms. The number of ether oxygens (including phenoxy) is 1. The highest BCUT2D eigenvalue weighted by Crippen LogP contribution is 2.26. The van der Waals surface area contributed by atoms with Crippen LogP contribution in [0.15, 0.2) is 56.6 Å². The van der Waals surface area contributed by atoms with Crippen molar-refractivity contribution in [3.05, 3.63) is 63.2 Å². The molecule has 0 aliphatic carbocycles. The van der Waals surface area contributed by atoms with Gasteiger partial charge in [-0.05, 0) is 43.3 Å². The van der Waals surface area contributed by atoms with Gasteiger partial charge in [-0.2, -0.15) is 4.98 Å². The van der Waals surface area contributed by atoms with E-state index in [0.29, 0.717) is 40.6 Å². The van der Waals surface area contributed by atoms with E-state index in [-0.39, 0.29) is 0 Å². The van der Waals surface area contributed by atoms with Gasteiger partial charge in [0.2, 0.25) is 5.82 Å². The van der Waals surface area contributed by atoms with Crippen LogP contribution in [0.2, 0.25) is 0 Å². The van der Waals surface area contributed by atoms with Crippen molar-refractivity contribution in [2.45, 2.75) is 13.5 Å². The summed E-state index contributed by atoms with van der Waals surface area (Å²) in [6.07, 6.45) is 0. The van der Waals surface area contributed by atoms with Crippen LogP contribution in [0.25, 0.3) is 33.9 Å². The molecule has 0 saturated carbocycles. The van der Waals surface area contributed by atoms with Crippen molar-refractivity contribution < 1.29 is 9.26 Å². The molecule has 0 bridgehead atoms. The Bertz CT molecular complexity index is 1250. The SMILES string of the molecule is CCn1c(=O)c(=O)[nH]c2cc(-c3noc(-c4cccc(OC)c4)n3)ccc21. The Kier molecular flexibility index (Phi) is 4.08. The lowest BCUT2D eigenvalue weighted by atomic mass is 10.1. The van der Waals surface area contributed by atoms with Gasteiger partial charge in [0.05, 0.1) is 18.1 Å². The Hall–Kier alpha value is -3.68. The zero-order valence-corrected chi connectivity index (χ0v) is 14.7. The number of aryl methyl sites for hydroxylation is 1. The minimum absolute atomic E-state index is 0.357. The zero-order valence-electron chi connectivity index (χ0n) is 14.7. The van der Waals surface area contributed by atoms with Gasteiger partial charge >= 0.3 is 11.1 Å². The molecule has 0 aliphatic heterocycles. The highest BCUT2D eigenvalue weighted by Gasteiger charge is 2.13. The second kappa shape index (κ2) is 6.56. The molecule has 8 nitrogen and oxygen atoms in total. The predicted octanol–water partition coefficient (Wildman–Crippen LogP) is 2.44. The molecular formula is C19H16N4O4. The van der Waals surface area contributed by atoms with E-state index < -0.39 is 11.1 Å². The molecule has 1 N–H and O–H groups in total. The van der Waals surface area contributed by atoms with Crippen LogP contribution in [-0.2, 0) is 6.54 Å². The number of hydrogen-bond donors (Lipinski definition) is 1. The highest BCUT2D eigenvalue weighted by atomic mass is 16.5. The highest BCUT2D eigenvalue weighted by molar-refractivity contribution is 5.80.